The second kappa shape index (κ2) is 18.9. The van der Waals surface area contributed by atoms with Crippen LogP contribution in [0.4, 0.5) is 11.4 Å². The van der Waals surface area contributed by atoms with Crippen molar-refractivity contribution in [3.05, 3.63) is 53.6 Å². The van der Waals surface area contributed by atoms with Crippen LogP contribution in [0.2, 0.25) is 15.1 Å². The molecule has 2 N–H and O–H groups in total. The van der Waals surface area contributed by atoms with Gasteiger partial charge in [-0.05, 0) is 40.2 Å². The van der Waals surface area contributed by atoms with Crippen LogP contribution in [-0.4, -0.2) is 65.6 Å². The first kappa shape index (κ1) is 35.7. The molecule has 4 rings (SSSR count). The third kappa shape index (κ3) is 11.2. The first-order valence-electron chi connectivity index (χ1n) is 11.9. The molecule has 0 aromatic heterocycles. The van der Waals surface area contributed by atoms with E-state index in [0.29, 0.717) is 32.9 Å². The van der Waals surface area contributed by atoms with Crippen LogP contribution in [0, 0.1) is 0 Å². The number of nitrogens with zero attached hydrogens (tertiary/aromatic N) is 2. The normalized spacial score (nSPS) is 19.0. The predicted molar refractivity (Wildman–Crippen MR) is 184 cm³/mol. The molecule has 2 saturated heterocycles. The Morgan fingerprint density at radius 2 is 1.32 bits per heavy atom. The summed E-state index contributed by atoms with van der Waals surface area (Å²) >= 11 is 22.6. The number of ether oxygens (including phenoxy) is 2. The first-order chi connectivity index (χ1) is 17.7. The second-order valence-corrected chi connectivity index (χ2v) is 11.3. The molecule has 2 fully saturated rings. The number of piperazine rings is 2. The van der Waals surface area contributed by atoms with Crippen LogP contribution in [0.3, 0.4) is 0 Å². The minimum absolute atomic E-state index is 0. The lowest BCUT2D eigenvalue weighted by Gasteiger charge is -2.34. The van der Waals surface area contributed by atoms with Crippen molar-refractivity contribution in [2.24, 2.45) is 0 Å². The molecule has 11 heteroatoms. The quantitative estimate of drug-likeness (QED) is 0.307. The van der Waals surface area contributed by atoms with E-state index in [4.69, 9.17) is 44.3 Å². The molecule has 2 aliphatic rings. The number of anilines is 2. The van der Waals surface area contributed by atoms with E-state index in [1.165, 1.54) is 5.69 Å². The van der Waals surface area contributed by atoms with E-state index in [2.05, 4.69) is 79.5 Å². The summed E-state index contributed by atoms with van der Waals surface area (Å²) in [7, 11) is 3.25. The Morgan fingerprint density at radius 3 is 1.84 bits per heavy atom. The van der Waals surface area contributed by atoms with E-state index in [0.717, 1.165) is 50.7 Å². The number of methoxy groups -OCH3 is 2. The van der Waals surface area contributed by atoms with E-state index < -0.39 is 0 Å². The Balaban J connectivity index is 0.000000326. The molecule has 2 aromatic carbocycles. The number of hydrogen-bond acceptors (Lipinski definition) is 6. The van der Waals surface area contributed by atoms with Gasteiger partial charge in [-0.25, -0.2) is 0 Å². The van der Waals surface area contributed by atoms with Crippen LogP contribution < -0.4 is 29.9 Å². The Labute approximate surface area is 271 Å². The third-order valence-electron chi connectivity index (χ3n) is 5.85. The van der Waals surface area contributed by atoms with Crippen LogP contribution in [0.25, 0.3) is 0 Å². The maximum absolute atomic E-state index is 6.24. The Kier molecular flexibility index (Phi) is 17.7. The second-order valence-electron chi connectivity index (χ2n) is 8.61. The summed E-state index contributed by atoms with van der Waals surface area (Å²) in [6, 6.07) is 10.6. The van der Waals surface area contributed by atoms with Crippen molar-refractivity contribution in [3.8, 4) is 11.5 Å². The molecular formula is C27H39Cl3I2N4O2. The van der Waals surface area contributed by atoms with Gasteiger partial charge in [0.1, 0.15) is 11.5 Å². The van der Waals surface area contributed by atoms with Crippen molar-refractivity contribution in [1.82, 2.24) is 10.6 Å². The summed E-state index contributed by atoms with van der Waals surface area (Å²) in [4.78, 5) is 4.60. The standard InChI is InChI=1S/C12H16Cl2N2O.C12H17ClN2O.C2H2I2.CH4/c1-8-7-16(4-3-15-8)11-6-12(17-2)10(14)5-9(11)13;1-9-8-15(6-5-14-9)10-3-4-11(13)12(7-10)16-2;3-1-2-4;/h5-6,8,15H,3-4,7H2,1-2H3;3-4,7,9,14H,5-6,8H2,1-2H3;1-2H;1H4/b;;2-1+;/t8-;9-;;/m00../s1. The molecule has 0 aliphatic carbocycles. The van der Waals surface area contributed by atoms with Crippen molar-refractivity contribution in [2.45, 2.75) is 33.4 Å². The van der Waals surface area contributed by atoms with E-state index in [9.17, 15) is 0 Å². The van der Waals surface area contributed by atoms with Crippen LogP contribution >= 0.6 is 80.0 Å². The lowest BCUT2D eigenvalue weighted by molar-refractivity contribution is 0.414. The first-order valence-corrected chi connectivity index (χ1v) is 15.5. The van der Waals surface area contributed by atoms with Crippen molar-refractivity contribution in [1.29, 1.82) is 0 Å². The fraction of sp³-hybridized carbons (Fsp3) is 0.481. The molecule has 2 aliphatic heterocycles. The summed E-state index contributed by atoms with van der Waals surface area (Å²) in [5.74, 6) is 1.41. The van der Waals surface area contributed by atoms with E-state index in [-0.39, 0.29) is 7.43 Å². The highest BCUT2D eigenvalue weighted by Crippen LogP contribution is 2.36. The zero-order valence-corrected chi connectivity index (χ0v) is 28.1. The van der Waals surface area contributed by atoms with Crippen LogP contribution in [0.1, 0.15) is 21.3 Å². The van der Waals surface area contributed by atoms with Gasteiger partial charge in [0.15, 0.2) is 0 Å². The van der Waals surface area contributed by atoms with Crippen LogP contribution in [0.5, 0.6) is 11.5 Å². The monoisotopic (exact) mass is 810 g/mol. The van der Waals surface area contributed by atoms with Gasteiger partial charge in [0.25, 0.3) is 0 Å². The average Bonchev–Trinajstić information content (AvgIpc) is 2.89. The summed E-state index contributed by atoms with van der Waals surface area (Å²) < 4.78 is 14.4. The Hall–Kier alpha value is -0.370. The molecule has 2 heterocycles. The highest BCUT2D eigenvalue weighted by molar-refractivity contribution is 14.1. The van der Waals surface area contributed by atoms with Gasteiger partial charge in [0.05, 0.1) is 35.0 Å². The zero-order valence-electron chi connectivity index (χ0n) is 21.5. The molecule has 214 valence electrons. The lowest BCUT2D eigenvalue weighted by Crippen LogP contribution is -2.49. The topological polar surface area (TPSA) is 49.0 Å². The van der Waals surface area contributed by atoms with Crippen LogP contribution in [-0.2, 0) is 0 Å². The summed E-state index contributed by atoms with van der Waals surface area (Å²) in [6.45, 7) is 10.3. The summed E-state index contributed by atoms with van der Waals surface area (Å²) in [5.41, 5.74) is 2.16. The lowest BCUT2D eigenvalue weighted by atomic mass is 10.2. The molecular weight excluding hydrogens is 772 g/mol. The van der Waals surface area contributed by atoms with Gasteiger partial charge in [-0.2, -0.15) is 0 Å². The van der Waals surface area contributed by atoms with E-state index >= 15 is 0 Å². The maximum atomic E-state index is 6.24. The number of nitrogens with one attached hydrogen (secondary N) is 2. The number of benzene rings is 2. The van der Waals surface area contributed by atoms with Gasteiger partial charge in [-0.3, -0.25) is 0 Å². The molecule has 0 unspecified atom stereocenters. The molecule has 0 bridgehead atoms. The van der Waals surface area contributed by atoms with Gasteiger partial charge < -0.3 is 29.9 Å². The molecule has 2 atom stereocenters. The minimum Gasteiger partial charge on any atom is -0.495 e. The maximum Gasteiger partial charge on any atom is 0.139 e. The SMILES string of the molecule is C.COc1cc(N2CCN[C@@H](C)C2)c(Cl)cc1Cl.COc1cc(N2CCN[C@@H](C)C2)ccc1Cl.I/C=C/I. The third-order valence-corrected chi connectivity index (χ3v) is 8.85. The van der Waals surface area contributed by atoms with Crippen molar-refractivity contribution in [2.75, 3.05) is 63.3 Å². The minimum atomic E-state index is 0. The smallest absolute Gasteiger partial charge is 0.139 e. The van der Waals surface area contributed by atoms with Crippen molar-refractivity contribution in [3.63, 3.8) is 0 Å². The summed E-state index contributed by atoms with van der Waals surface area (Å²) in [6.07, 6.45) is 0. The molecule has 2 aromatic rings. The Bertz CT molecular complexity index is 1010. The van der Waals surface area contributed by atoms with Gasteiger partial charge in [0.2, 0.25) is 0 Å². The molecule has 38 heavy (non-hydrogen) atoms. The average molecular weight is 812 g/mol. The van der Waals surface area contributed by atoms with Crippen molar-refractivity contribution >= 4 is 91.4 Å². The predicted octanol–water partition coefficient (Wildman–Crippen LogP) is 7.91. The number of halogens is 5. The molecule has 6 nitrogen and oxygen atoms in total. The summed E-state index contributed by atoms with van der Waals surface area (Å²) in [5, 5.41) is 8.70. The van der Waals surface area contributed by atoms with Gasteiger partial charge >= 0.3 is 0 Å². The fourth-order valence-corrected chi connectivity index (χ4v) is 4.85. The van der Waals surface area contributed by atoms with E-state index in [1.807, 2.05) is 32.4 Å². The van der Waals surface area contributed by atoms with E-state index in [1.54, 1.807) is 20.3 Å². The number of rotatable bonds is 4. The zero-order chi connectivity index (χ0) is 27.4. The molecule has 0 spiro atoms. The molecule has 0 saturated carbocycles. The number of hydrogen-bond donors (Lipinski definition) is 2. The molecule has 0 amide bonds. The highest BCUT2D eigenvalue weighted by Gasteiger charge is 2.20. The fourth-order valence-electron chi connectivity index (χ4n) is 4.08. The van der Waals surface area contributed by atoms with Crippen LogP contribution in [0.15, 0.2) is 38.5 Å². The largest absolute Gasteiger partial charge is 0.495 e. The van der Waals surface area contributed by atoms with Gasteiger partial charge in [-0.15, -0.1) is 0 Å². The van der Waals surface area contributed by atoms with Gasteiger partial charge in [0, 0.05) is 69.2 Å². The highest BCUT2D eigenvalue weighted by atomic mass is 127. The Morgan fingerprint density at radius 1 is 0.789 bits per heavy atom. The molecule has 0 radical (unpaired) electrons. The van der Waals surface area contributed by atoms with Gasteiger partial charge in [-0.1, -0.05) is 87.4 Å². The van der Waals surface area contributed by atoms with Crippen molar-refractivity contribution < 1.29 is 9.47 Å².